The molecule has 0 spiro atoms. The molecule has 4 N–H and O–H groups in total. The van der Waals surface area contributed by atoms with Crippen LogP contribution in [0.25, 0.3) is 38.0 Å². The summed E-state index contributed by atoms with van der Waals surface area (Å²) in [7, 11) is 0. The van der Waals surface area contributed by atoms with Crippen LogP contribution in [0.15, 0.2) is 72.8 Å². The monoisotopic (exact) mass is 298 g/mol. The van der Waals surface area contributed by atoms with Gasteiger partial charge in [0.15, 0.2) is 0 Å². The SMILES string of the molecule is NC/C=C(\N)c1ccc2c3ccccc3c3ccccc3c2c1. The van der Waals surface area contributed by atoms with Gasteiger partial charge >= 0.3 is 0 Å². The summed E-state index contributed by atoms with van der Waals surface area (Å²) in [6.07, 6.45) is 1.85. The van der Waals surface area contributed by atoms with E-state index in [1.807, 2.05) is 6.08 Å². The lowest BCUT2D eigenvalue weighted by molar-refractivity contribution is 1.25. The van der Waals surface area contributed by atoms with Crippen LogP contribution in [0.2, 0.25) is 0 Å². The van der Waals surface area contributed by atoms with Gasteiger partial charge in [0.1, 0.15) is 0 Å². The van der Waals surface area contributed by atoms with E-state index >= 15 is 0 Å². The average molecular weight is 298 g/mol. The molecule has 112 valence electrons. The van der Waals surface area contributed by atoms with Gasteiger partial charge in [-0.3, -0.25) is 0 Å². The first-order chi connectivity index (χ1) is 11.3. The van der Waals surface area contributed by atoms with E-state index in [1.165, 1.54) is 32.3 Å². The number of nitrogens with two attached hydrogens (primary N) is 2. The highest BCUT2D eigenvalue weighted by molar-refractivity contribution is 6.25. The van der Waals surface area contributed by atoms with Crippen LogP contribution in [0, 0.1) is 0 Å². The number of fused-ring (bicyclic) bond motifs is 6. The first-order valence-electron chi connectivity index (χ1n) is 7.79. The van der Waals surface area contributed by atoms with E-state index in [0.717, 1.165) is 11.3 Å². The third-order valence-electron chi connectivity index (χ3n) is 4.42. The van der Waals surface area contributed by atoms with Crippen molar-refractivity contribution in [3.05, 3.63) is 78.4 Å². The van der Waals surface area contributed by atoms with Crippen molar-refractivity contribution in [1.29, 1.82) is 0 Å². The largest absolute Gasteiger partial charge is 0.398 e. The zero-order chi connectivity index (χ0) is 15.8. The summed E-state index contributed by atoms with van der Waals surface area (Å²) < 4.78 is 0. The van der Waals surface area contributed by atoms with Gasteiger partial charge in [-0.2, -0.15) is 0 Å². The molecule has 0 aliphatic heterocycles. The Morgan fingerprint density at radius 1 is 0.696 bits per heavy atom. The van der Waals surface area contributed by atoms with E-state index in [9.17, 15) is 0 Å². The van der Waals surface area contributed by atoms with Crippen LogP contribution in [-0.4, -0.2) is 6.54 Å². The Labute approximate surface area is 135 Å². The summed E-state index contributed by atoms with van der Waals surface area (Å²) in [5.74, 6) is 0. The minimum atomic E-state index is 0.447. The lowest BCUT2D eigenvalue weighted by atomic mass is 9.93. The summed E-state index contributed by atoms with van der Waals surface area (Å²) in [6, 6.07) is 23.5. The molecule has 0 bridgehead atoms. The normalized spacial score (nSPS) is 12.3. The van der Waals surface area contributed by atoms with Crippen LogP contribution in [0.4, 0.5) is 0 Å². The van der Waals surface area contributed by atoms with Crippen molar-refractivity contribution < 1.29 is 0 Å². The fraction of sp³-hybridized carbons (Fsp3) is 0.0476. The molecule has 4 aromatic rings. The van der Waals surface area contributed by atoms with Gasteiger partial charge in [-0.05, 0) is 50.0 Å². The van der Waals surface area contributed by atoms with E-state index < -0.39 is 0 Å². The quantitative estimate of drug-likeness (QED) is 0.539. The molecule has 4 rings (SSSR count). The average Bonchev–Trinajstić information content (AvgIpc) is 2.62. The highest BCUT2D eigenvalue weighted by Crippen LogP contribution is 2.35. The number of hydrogen-bond acceptors (Lipinski definition) is 2. The molecule has 0 radical (unpaired) electrons. The first-order valence-corrected chi connectivity index (χ1v) is 7.79. The molecule has 0 atom stereocenters. The van der Waals surface area contributed by atoms with Gasteiger partial charge in [0.25, 0.3) is 0 Å². The van der Waals surface area contributed by atoms with Crippen LogP contribution in [0.5, 0.6) is 0 Å². The second-order valence-corrected chi connectivity index (χ2v) is 5.75. The summed E-state index contributed by atoms with van der Waals surface area (Å²) in [5.41, 5.74) is 13.5. The Balaban J connectivity index is 2.19. The lowest BCUT2D eigenvalue weighted by Gasteiger charge is -2.12. The van der Waals surface area contributed by atoms with E-state index in [1.54, 1.807) is 0 Å². The second-order valence-electron chi connectivity index (χ2n) is 5.75. The summed E-state index contributed by atoms with van der Waals surface area (Å²) in [6.45, 7) is 0.447. The first kappa shape index (κ1) is 13.8. The molecule has 0 aliphatic carbocycles. The van der Waals surface area contributed by atoms with E-state index in [2.05, 4.69) is 66.7 Å². The molecular formula is C21H18N2. The highest BCUT2D eigenvalue weighted by Gasteiger charge is 2.09. The Hall–Kier alpha value is -2.84. The van der Waals surface area contributed by atoms with Gasteiger partial charge < -0.3 is 11.5 Å². The van der Waals surface area contributed by atoms with Crippen LogP contribution >= 0.6 is 0 Å². The molecule has 4 aromatic carbocycles. The van der Waals surface area contributed by atoms with Crippen molar-refractivity contribution in [2.24, 2.45) is 11.5 Å². The summed E-state index contributed by atoms with van der Waals surface area (Å²) in [4.78, 5) is 0. The highest BCUT2D eigenvalue weighted by atomic mass is 14.6. The van der Waals surface area contributed by atoms with Crippen LogP contribution in [0.1, 0.15) is 5.56 Å². The zero-order valence-electron chi connectivity index (χ0n) is 12.8. The maximum Gasteiger partial charge on any atom is 0.0360 e. The predicted molar refractivity (Wildman–Crippen MR) is 100 cm³/mol. The Morgan fingerprint density at radius 2 is 1.17 bits per heavy atom. The second kappa shape index (κ2) is 5.41. The molecule has 2 heteroatoms. The molecule has 0 saturated carbocycles. The van der Waals surface area contributed by atoms with Crippen molar-refractivity contribution in [2.45, 2.75) is 0 Å². The van der Waals surface area contributed by atoms with E-state index in [-0.39, 0.29) is 0 Å². The molecule has 0 aliphatic rings. The number of rotatable bonds is 2. The smallest absolute Gasteiger partial charge is 0.0360 e. The minimum Gasteiger partial charge on any atom is -0.398 e. The van der Waals surface area contributed by atoms with Gasteiger partial charge in [0.2, 0.25) is 0 Å². The Kier molecular flexibility index (Phi) is 3.25. The molecule has 0 amide bonds. The van der Waals surface area contributed by atoms with E-state index in [4.69, 9.17) is 11.5 Å². The number of benzene rings is 4. The van der Waals surface area contributed by atoms with E-state index in [0.29, 0.717) is 6.54 Å². The fourth-order valence-corrected chi connectivity index (χ4v) is 3.33. The molecule has 0 aromatic heterocycles. The summed E-state index contributed by atoms with van der Waals surface area (Å²) >= 11 is 0. The molecule has 23 heavy (non-hydrogen) atoms. The maximum atomic E-state index is 6.13. The topological polar surface area (TPSA) is 52.0 Å². The summed E-state index contributed by atoms with van der Waals surface area (Å²) in [5, 5.41) is 7.56. The van der Waals surface area contributed by atoms with Gasteiger partial charge in [0.05, 0.1) is 0 Å². The third-order valence-corrected chi connectivity index (χ3v) is 4.42. The Bertz CT molecular complexity index is 1030. The van der Waals surface area contributed by atoms with Crippen LogP contribution < -0.4 is 11.5 Å². The molecule has 0 heterocycles. The lowest BCUT2D eigenvalue weighted by Crippen LogP contribution is -2.02. The standard InChI is InChI=1S/C21H18N2/c22-12-11-21(23)14-9-10-19-17-7-2-1-5-15(17)16-6-3-4-8-18(16)20(19)13-14/h1-11,13H,12,22-23H2/b21-11-. The van der Waals surface area contributed by atoms with Crippen molar-refractivity contribution >= 4 is 38.0 Å². The van der Waals surface area contributed by atoms with Crippen molar-refractivity contribution in [2.75, 3.05) is 6.54 Å². The molecule has 0 saturated heterocycles. The molecular weight excluding hydrogens is 280 g/mol. The zero-order valence-corrected chi connectivity index (χ0v) is 12.8. The van der Waals surface area contributed by atoms with Crippen molar-refractivity contribution in [3.63, 3.8) is 0 Å². The molecule has 0 fully saturated rings. The van der Waals surface area contributed by atoms with Gasteiger partial charge in [-0.25, -0.2) is 0 Å². The Morgan fingerprint density at radius 3 is 1.70 bits per heavy atom. The minimum absolute atomic E-state index is 0.447. The molecule has 2 nitrogen and oxygen atoms in total. The predicted octanol–water partition coefficient (Wildman–Crippen LogP) is 4.40. The van der Waals surface area contributed by atoms with Gasteiger partial charge in [-0.1, -0.05) is 60.7 Å². The molecule has 0 unspecified atom stereocenters. The third kappa shape index (κ3) is 2.16. The van der Waals surface area contributed by atoms with Crippen molar-refractivity contribution in [1.82, 2.24) is 0 Å². The maximum absolute atomic E-state index is 6.13. The van der Waals surface area contributed by atoms with Crippen molar-refractivity contribution in [3.8, 4) is 0 Å². The van der Waals surface area contributed by atoms with Gasteiger partial charge in [0, 0.05) is 12.2 Å². The fourth-order valence-electron chi connectivity index (χ4n) is 3.33. The van der Waals surface area contributed by atoms with Gasteiger partial charge in [-0.15, -0.1) is 0 Å². The number of hydrogen-bond donors (Lipinski definition) is 2. The van der Waals surface area contributed by atoms with Crippen LogP contribution in [-0.2, 0) is 0 Å². The van der Waals surface area contributed by atoms with Crippen LogP contribution in [0.3, 0.4) is 0 Å².